The first-order valence-electron chi connectivity index (χ1n) is 9.00. The number of carbonyl (C=O) groups is 2. The number of benzene rings is 2. The Bertz CT molecular complexity index is 843. The minimum absolute atomic E-state index is 0.0124. The van der Waals surface area contributed by atoms with Crippen molar-refractivity contribution < 1.29 is 14.5 Å². The van der Waals surface area contributed by atoms with E-state index in [4.69, 9.17) is 0 Å². The number of anilines is 1. The van der Waals surface area contributed by atoms with Crippen molar-refractivity contribution >= 4 is 23.2 Å². The largest absolute Gasteiger partial charge is 0.349 e. The molecule has 0 spiro atoms. The zero-order valence-electron chi connectivity index (χ0n) is 14.8. The molecule has 0 aliphatic heterocycles. The highest BCUT2D eigenvalue weighted by Gasteiger charge is 2.20. The van der Waals surface area contributed by atoms with Gasteiger partial charge in [0.2, 0.25) is 0 Å². The van der Waals surface area contributed by atoms with Crippen LogP contribution in [0.5, 0.6) is 0 Å². The van der Waals surface area contributed by atoms with E-state index < -0.39 is 10.8 Å². The average Bonchev–Trinajstić information content (AvgIpc) is 2.69. The second kappa shape index (κ2) is 8.44. The van der Waals surface area contributed by atoms with Crippen molar-refractivity contribution in [3.63, 3.8) is 0 Å². The lowest BCUT2D eigenvalue weighted by Gasteiger charge is -2.22. The van der Waals surface area contributed by atoms with E-state index in [1.54, 1.807) is 30.3 Å². The first-order valence-corrected chi connectivity index (χ1v) is 9.00. The van der Waals surface area contributed by atoms with Gasteiger partial charge in [0.1, 0.15) is 5.56 Å². The number of rotatable bonds is 5. The molecule has 0 heterocycles. The third kappa shape index (κ3) is 4.69. The zero-order valence-corrected chi connectivity index (χ0v) is 14.8. The van der Waals surface area contributed by atoms with Crippen molar-refractivity contribution in [2.75, 3.05) is 5.32 Å². The molecule has 1 aliphatic carbocycles. The summed E-state index contributed by atoms with van der Waals surface area (Å²) in [6, 6.07) is 12.5. The maximum Gasteiger partial charge on any atom is 0.282 e. The Labute approximate surface area is 156 Å². The number of nitrogens with one attached hydrogen (secondary N) is 2. The predicted octanol–water partition coefficient (Wildman–Crippen LogP) is 3.91. The van der Waals surface area contributed by atoms with E-state index in [0.717, 1.165) is 25.7 Å². The first kappa shape index (κ1) is 18.6. The minimum Gasteiger partial charge on any atom is -0.349 e. The van der Waals surface area contributed by atoms with Gasteiger partial charge in [-0.2, -0.15) is 0 Å². The third-order valence-electron chi connectivity index (χ3n) is 4.69. The van der Waals surface area contributed by atoms with Crippen molar-refractivity contribution in [2.24, 2.45) is 0 Å². The van der Waals surface area contributed by atoms with E-state index in [2.05, 4.69) is 10.6 Å². The van der Waals surface area contributed by atoms with Crippen LogP contribution in [0.4, 0.5) is 11.4 Å². The molecule has 0 unspecified atom stereocenters. The van der Waals surface area contributed by atoms with Crippen LogP contribution in [0.25, 0.3) is 0 Å². The predicted molar refractivity (Wildman–Crippen MR) is 102 cm³/mol. The molecule has 2 aromatic rings. The first-order chi connectivity index (χ1) is 13.0. The molecule has 2 N–H and O–H groups in total. The van der Waals surface area contributed by atoms with Crippen LogP contribution < -0.4 is 10.6 Å². The van der Waals surface area contributed by atoms with Crippen molar-refractivity contribution in [3.05, 3.63) is 69.8 Å². The molecule has 1 aliphatic rings. The summed E-state index contributed by atoms with van der Waals surface area (Å²) < 4.78 is 0. The Morgan fingerprint density at radius 3 is 2.26 bits per heavy atom. The van der Waals surface area contributed by atoms with Crippen LogP contribution in [-0.4, -0.2) is 22.8 Å². The molecule has 7 heteroatoms. The highest BCUT2D eigenvalue weighted by molar-refractivity contribution is 6.07. The van der Waals surface area contributed by atoms with Gasteiger partial charge in [-0.15, -0.1) is 0 Å². The molecular formula is C20H21N3O4. The second-order valence-electron chi connectivity index (χ2n) is 6.61. The molecule has 0 bridgehead atoms. The standard InChI is InChI=1S/C20H21N3O4/c24-19(21-15-6-2-1-3-7-15)14-10-12-16(13-11-14)22-20(25)17-8-4-5-9-18(17)23(26)27/h4-5,8-13,15H,1-3,6-7H2,(H,21,24)(H,22,25). The Balaban J connectivity index is 1.64. The monoisotopic (exact) mass is 367 g/mol. The zero-order chi connectivity index (χ0) is 19.2. The van der Waals surface area contributed by atoms with Gasteiger partial charge in [-0.3, -0.25) is 19.7 Å². The minimum atomic E-state index is -0.590. The lowest BCUT2D eigenvalue weighted by Crippen LogP contribution is -2.36. The quantitative estimate of drug-likeness (QED) is 0.618. The van der Waals surface area contributed by atoms with Crippen LogP contribution in [0.2, 0.25) is 0 Å². The van der Waals surface area contributed by atoms with Crippen molar-refractivity contribution in [1.82, 2.24) is 5.32 Å². The van der Waals surface area contributed by atoms with Gasteiger partial charge in [-0.1, -0.05) is 31.4 Å². The molecule has 0 aromatic heterocycles. The van der Waals surface area contributed by atoms with Gasteiger partial charge in [0.15, 0.2) is 0 Å². The summed E-state index contributed by atoms with van der Waals surface area (Å²) in [5.41, 5.74) is 0.719. The number of amides is 2. The third-order valence-corrected chi connectivity index (χ3v) is 4.69. The van der Waals surface area contributed by atoms with Gasteiger partial charge < -0.3 is 10.6 Å². The fourth-order valence-electron chi connectivity index (χ4n) is 3.24. The molecule has 27 heavy (non-hydrogen) atoms. The van der Waals surface area contributed by atoms with Crippen LogP contribution in [0, 0.1) is 10.1 Å². The summed E-state index contributed by atoms with van der Waals surface area (Å²) in [6.45, 7) is 0. The van der Waals surface area contributed by atoms with Crippen molar-refractivity contribution in [3.8, 4) is 0 Å². The fraction of sp³-hybridized carbons (Fsp3) is 0.300. The van der Waals surface area contributed by atoms with Crippen LogP contribution >= 0.6 is 0 Å². The van der Waals surface area contributed by atoms with E-state index >= 15 is 0 Å². The summed E-state index contributed by atoms with van der Waals surface area (Å²) >= 11 is 0. The number of hydrogen-bond donors (Lipinski definition) is 2. The van der Waals surface area contributed by atoms with Gasteiger partial charge in [0, 0.05) is 23.4 Å². The average molecular weight is 367 g/mol. The van der Waals surface area contributed by atoms with Crippen molar-refractivity contribution in [1.29, 1.82) is 0 Å². The maximum atomic E-state index is 12.3. The van der Waals surface area contributed by atoms with E-state index in [1.165, 1.54) is 24.6 Å². The molecule has 3 rings (SSSR count). The molecule has 0 saturated heterocycles. The van der Waals surface area contributed by atoms with E-state index in [0.29, 0.717) is 11.3 Å². The van der Waals surface area contributed by atoms with E-state index in [1.807, 2.05) is 0 Å². The molecule has 0 atom stereocenters. The number of nitrogens with zero attached hydrogens (tertiary/aromatic N) is 1. The number of hydrogen-bond acceptors (Lipinski definition) is 4. The number of carbonyl (C=O) groups excluding carboxylic acids is 2. The summed E-state index contributed by atoms with van der Waals surface area (Å²) in [4.78, 5) is 35.1. The summed E-state index contributed by atoms with van der Waals surface area (Å²) in [6.07, 6.45) is 5.52. The van der Waals surface area contributed by atoms with Crippen LogP contribution in [0.1, 0.15) is 52.8 Å². The Morgan fingerprint density at radius 2 is 1.59 bits per heavy atom. The summed E-state index contributed by atoms with van der Waals surface area (Å²) in [5, 5.41) is 16.7. The molecule has 140 valence electrons. The molecular weight excluding hydrogens is 346 g/mol. The van der Waals surface area contributed by atoms with Gasteiger partial charge in [0.05, 0.1) is 4.92 Å². The van der Waals surface area contributed by atoms with Crippen LogP contribution in [0.3, 0.4) is 0 Å². The number of nitro benzene ring substituents is 1. The fourth-order valence-corrected chi connectivity index (χ4v) is 3.24. The Hall–Kier alpha value is -3.22. The highest BCUT2D eigenvalue weighted by Crippen LogP contribution is 2.20. The number of para-hydroxylation sites is 1. The van der Waals surface area contributed by atoms with Gasteiger partial charge in [0.25, 0.3) is 17.5 Å². The molecule has 2 aromatic carbocycles. The molecule has 1 saturated carbocycles. The lowest BCUT2D eigenvalue weighted by molar-refractivity contribution is -0.385. The van der Waals surface area contributed by atoms with E-state index in [9.17, 15) is 19.7 Å². The van der Waals surface area contributed by atoms with Crippen LogP contribution in [0.15, 0.2) is 48.5 Å². The molecule has 0 radical (unpaired) electrons. The van der Waals surface area contributed by atoms with Crippen molar-refractivity contribution in [2.45, 2.75) is 38.1 Å². The lowest BCUT2D eigenvalue weighted by atomic mass is 9.95. The molecule has 7 nitrogen and oxygen atoms in total. The number of nitro groups is 1. The Morgan fingerprint density at radius 1 is 0.926 bits per heavy atom. The maximum absolute atomic E-state index is 12.3. The van der Waals surface area contributed by atoms with Gasteiger partial charge >= 0.3 is 0 Å². The molecule has 2 amide bonds. The molecule has 1 fully saturated rings. The normalized spacial score (nSPS) is 14.4. The summed E-state index contributed by atoms with van der Waals surface area (Å²) in [7, 11) is 0. The second-order valence-corrected chi connectivity index (χ2v) is 6.61. The van der Waals surface area contributed by atoms with Gasteiger partial charge in [-0.25, -0.2) is 0 Å². The highest BCUT2D eigenvalue weighted by atomic mass is 16.6. The summed E-state index contributed by atoms with van der Waals surface area (Å²) in [5.74, 6) is -0.694. The van der Waals surface area contributed by atoms with Crippen LogP contribution in [-0.2, 0) is 0 Å². The SMILES string of the molecule is O=C(NC1CCCCC1)c1ccc(NC(=O)c2ccccc2[N+](=O)[O-])cc1. The van der Waals surface area contributed by atoms with E-state index in [-0.39, 0.29) is 23.2 Å². The van der Waals surface area contributed by atoms with Gasteiger partial charge in [-0.05, 0) is 43.2 Å². The topological polar surface area (TPSA) is 101 Å². The smallest absolute Gasteiger partial charge is 0.282 e. The Kier molecular flexibility index (Phi) is 5.80.